The summed E-state index contributed by atoms with van der Waals surface area (Å²) >= 11 is 0. The third-order valence-corrected chi connectivity index (χ3v) is 5.16. The van der Waals surface area contributed by atoms with E-state index in [4.69, 9.17) is 0 Å². The molecule has 0 bridgehead atoms. The van der Waals surface area contributed by atoms with Gasteiger partial charge < -0.3 is 5.32 Å². The molecule has 23 heavy (non-hydrogen) atoms. The van der Waals surface area contributed by atoms with Gasteiger partial charge in [-0.15, -0.1) is 0 Å². The summed E-state index contributed by atoms with van der Waals surface area (Å²) < 4.78 is 41.3. The van der Waals surface area contributed by atoms with Crippen molar-refractivity contribution in [2.24, 2.45) is 0 Å². The van der Waals surface area contributed by atoms with E-state index >= 15 is 0 Å². The summed E-state index contributed by atoms with van der Waals surface area (Å²) in [6, 6.07) is 7.43. The van der Waals surface area contributed by atoms with Crippen LogP contribution in [0.15, 0.2) is 35.2 Å². The van der Waals surface area contributed by atoms with Crippen molar-refractivity contribution in [3.8, 4) is 0 Å². The van der Waals surface area contributed by atoms with Gasteiger partial charge in [0.05, 0.1) is 10.6 Å². The molecule has 0 fully saturated rings. The number of fused-ring (bicyclic) bond motifs is 1. The zero-order chi connectivity index (χ0) is 16.8. The minimum absolute atomic E-state index is 0.0104. The van der Waals surface area contributed by atoms with Crippen LogP contribution in [0.25, 0.3) is 0 Å². The van der Waals surface area contributed by atoms with Crippen molar-refractivity contribution in [1.82, 2.24) is 5.32 Å². The molecule has 5 nitrogen and oxygen atoms in total. The van der Waals surface area contributed by atoms with Crippen LogP contribution in [-0.4, -0.2) is 14.3 Å². The molecule has 1 amide bonds. The predicted octanol–water partition coefficient (Wildman–Crippen LogP) is 2.49. The second-order valence-electron chi connectivity index (χ2n) is 5.49. The smallest absolute Gasteiger partial charge is 0.261 e. The zero-order valence-corrected chi connectivity index (χ0v) is 13.4. The molecule has 0 atom stereocenters. The number of hydrogen-bond donors (Lipinski definition) is 2. The highest BCUT2D eigenvalue weighted by molar-refractivity contribution is 7.92. The maximum absolute atomic E-state index is 13.7. The van der Waals surface area contributed by atoms with Crippen LogP contribution < -0.4 is 10.0 Å². The van der Waals surface area contributed by atoms with E-state index in [-0.39, 0.29) is 28.5 Å². The molecule has 0 radical (unpaired) electrons. The number of rotatable bonds is 3. The van der Waals surface area contributed by atoms with E-state index < -0.39 is 15.8 Å². The number of amides is 1. The Balaban J connectivity index is 2.02. The molecule has 0 aromatic heterocycles. The van der Waals surface area contributed by atoms with Crippen LogP contribution in [0.1, 0.15) is 27.0 Å². The number of halogens is 1. The summed E-state index contributed by atoms with van der Waals surface area (Å²) in [4.78, 5) is 11.6. The highest BCUT2D eigenvalue weighted by atomic mass is 32.2. The van der Waals surface area contributed by atoms with Gasteiger partial charge in [0.2, 0.25) is 0 Å². The topological polar surface area (TPSA) is 75.3 Å². The lowest BCUT2D eigenvalue weighted by atomic mass is 10.1. The fourth-order valence-electron chi connectivity index (χ4n) is 2.61. The van der Waals surface area contributed by atoms with Crippen molar-refractivity contribution in [2.45, 2.75) is 25.3 Å². The number of carbonyl (C=O) groups is 1. The van der Waals surface area contributed by atoms with Crippen molar-refractivity contribution < 1.29 is 17.6 Å². The van der Waals surface area contributed by atoms with Crippen molar-refractivity contribution in [3.05, 3.63) is 58.4 Å². The van der Waals surface area contributed by atoms with Crippen LogP contribution in [-0.2, 0) is 16.6 Å². The summed E-state index contributed by atoms with van der Waals surface area (Å²) in [7, 11) is -3.87. The number of nitrogens with one attached hydrogen (secondary N) is 2. The van der Waals surface area contributed by atoms with Crippen molar-refractivity contribution in [1.29, 1.82) is 0 Å². The lowest BCUT2D eigenvalue weighted by molar-refractivity contribution is 0.0965. The van der Waals surface area contributed by atoms with E-state index in [1.54, 1.807) is 18.2 Å². The van der Waals surface area contributed by atoms with Gasteiger partial charge in [-0.05, 0) is 49.2 Å². The fourth-order valence-corrected chi connectivity index (χ4v) is 3.88. The Kier molecular flexibility index (Phi) is 3.60. The van der Waals surface area contributed by atoms with Crippen molar-refractivity contribution in [3.63, 3.8) is 0 Å². The van der Waals surface area contributed by atoms with Gasteiger partial charge in [-0.3, -0.25) is 9.52 Å². The third kappa shape index (κ3) is 2.68. The molecule has 1 heterocycles. The number of hydrogen-bond acceptors (Lipinski definition) is 3. The summed E-state index contributed by atoms with van der Waals surface area (Å²) in [5, 5.41) is 2.65. The first-order valence-electron chi connectivity index (χ1n) is 6.99. The van der Waals surface area contributed by atoms with E-state index in [1.807, 2.05) is 0 Å². The first-order valence-corrected chi connectivity index (χ1v) is 8.47. The van der Waals surface area contributed by atoms with Gasteiger partial charge >= 0.3 is 0 Å². The van der Waals surface area contributed by atoms with E-state index in [2.05, 4.69) is 10.0 Å². The summed E-state index contributed by atoms with van der Waals surface area (Å²) in [5.74, 6) is -0.645. The minimum atomic E-state index is -3.87. The van der Waals surface area contributed by atoms with E-state index in [0.29, 0.717) is 16.8 Å². The first kappa shape index (κ1) is 15.5. The number of carbonyl (C=O) groups excluding carboxylic acids is 1. The quantitative estimate of drug-likeness (QED) is 0.905. The Morgan fingerprint density at radius 2 is 1.83 bits per heavy atom. The molecule has 0 spiro atoms. The average molecular weight is 334 g/mol. The number of anilines is 1. The van der Waals surface area contributed by atoms with Crippen molar-refractivity contribution in [2.75, 3.05) is 4.72 Å². The number of benzene rings is 2. The van der Waals surface area contributed by atoms with Gasteiger partial charge in [0.25, 0.3) is 15.9 Å². The molecule has 0 aliphatic carbocycles. The monoisotopic (exact) mass is 334 g/mol. The number of aryl methyl sites for hydroxylation is 2. The van der Waals surface area contributed by atoms with Gasteiger partial charge in [-0.25, -0.2) is 12.8 Å². The first-order chi connectivity index (χ1) is 10.8. The Labute approximate surface area is 133 Å². The van der Waals surface area contributed by atoms with Gasteiger partial charge in [0, 0.05) is 17.7 Å². The van der Waals surface area contributed by atoms with E-state index in [0.717, 1.165) is 0 Å². The van der Waals surface area contributed by atoms with Gasteiger partial charge in [-0.1, -0.05) is 6.07 Å². The number of sulfonamides is 1. The molecular weight excluding hydrogens is 319 g/mol. The van der Waals surface area contributed by atoms with Crippen molar-refractivity contribution >= 4 is 21.6 Å². The van der Waals surface area contributed by atoms with Gasteiger partial charge in [0.15, 0.2) is 0 Å². The van der Waals surface area contributed by atoms with Crippen LogP contribution in [0.3, 0.4) is 0 Å². The molecule has 2 aromatic rings. The SMILES string of the molecule is Cc1cc(S(=O)(=O)Nc2cccc3c2CNC3=O)cc(C)c1F. The second kappa shape index (κ2) is 5.34. The molecule has 0 saturated heterocycles. The van der Waals surface area contributed by atoms with E-state index in [9.17, 15) is 17.6 Å². The fraction of sp³-hybridized carbons (Fsp3) is 0.188. The molecule has 0 saturated carbocycles. The van der Waals surface area contributed by atoms with E-state index in [1.165, 1.54) is 26.0 Å². The maximum atomic E-state index is 13.7. The summed E-state index contributed by atoms with van der Waals surface area (Å²) in [6.45, 7) is 3.31. The molecule has 3 rings (SSSR count). The standard InChI is InChI=1S/C16H15FN2O3S/c1-9-6-11(7-10(2)15(9)17)23(21,22)19-14-5-3-4-12-13(14)8-18-16(12)20/h3-7,19H,8H2,1-2H3,(H,18,20). The average Bonchev–Trinajstić information content (AvgIpc) is 2.87. The molecule has 1 aliphatic rings. The van der Waals surface area contributed by atoms with Gasteiger partial charge in [-0.2, -0.15) is 0 Å². The molecule has 2 N–H and O–H groups in total. The van der Waals surface area contributed by atoms with Crippen LogP contribution in [0.2, 0.25) is 0 Å². The zero-order valence-electron chi connectivity index (χ0n) is 12.6. The Morgan fingerprint density at radius 3 is 2.48 bits per heavy atom. The molecule has 7 heteroatoms. The molecule has 1 aliphatic heterocycles. The lowest BCUT2D eigenvalue weighted by Gasteiger charge is -2.12. The van der Waals surface area contributed by atoms with Crippen LogP contribution >= 0.6 is 0 Å². The summed E-state index contributed by atoms with van der Waals surface area (Å²) in [5.41, 5.74) is 1.94. The van der Waals surface area contributed by atoms with Crippen LogP contribution in [0, 0.1) is 19.7 Å². The third-order valence-electron chi connectivity index (χ3n) is 3.81. The highest BCUT2D eigenvalue weighted by Gasteiger charge is 2.24. The van der Waals surface area contributed by atoms with Crippen LogP contribution in [0.5, 0.6) is 0 Å². The lowest BCUT2D eigenvalue weighted by Crippen LogP contribution is -2.15. The molecule has 0 unspecified atom stereocenters. The maximum Gasteiger partial charge on any atom is 0.261 e. The Hall–Kier alpha value is -2.41. The molecule has 2 aromatic carbocycles. The van der Waals surface area contributed by atoms with Gasteiger partial charge in [0.1, 0.15) is 5.82 Å². The summed E-state index contributed by atoms with van der Waals surface area (Å²) in [6.07, 6.45) is 0. The predicted molar refractivity (Wildman–Crippen MR) is 84.3 cm³/mol. The minimum Gasteiger partial charge on any atom is -0.348 e. The Bertz CT molecular complexity index is 900. The molecular formula is C16H15FN2O3S. The van der Waals surface area contributed by atoms with Crippen LogP contribution in [0.4, 0.5) is 10.1 Å². The molecule has 120 valence electrons. The highest BCUT2D eigenvalue weighted by Crippen LogP contribution is 2.27. The normalized spacial score (nSPS) is 13.6. The Morgan fingerprint density at radius 1 is 1.17 bits per heavy atom. The largest absolute Gasteiger partial charge is 0.348 e. The second-order valence-corrected chi connectivity index (χ2v) is 7.17.